The first-order valence-corrected chi connectivity index (χ1v) is 5.27. The van der Waals surface area contributed by atoms with Crippen molar-refractivity contribution in [2.45, 2.75) is 6.92 Å². The molecule has 0 heterocycles. The van der Waals surface area contributed by atoms with Crippen LogP contribution in [0.25, 0.3) is 0 Å². The van der Waals surface area contributed by atoms with Crippen LogP contribution in [0.3, 0.4) is 0 Å². The fraction of sp³-hybridized carbons (Fsp3) is 0.100. The Morgan fingerprint density at radius 3 is 1.83 bits per heavy atom. The lowest BCUT2D eigenvalue weighted by atomic mass is 10.2. The third kappa shape index (κ3) is 8.92. The second-order valence-electron chi connectivity index (χ2n) is 3.24. The third-order valence-corrected chi connectivity index (χ3v) is 1.52. The highest BCUT2D eigenvalue weighted by atomic mass is 32.1. The number of rotatable bonds is 1. The summed E-state index contributed by atoms with van der Waals surface area (Å²) < 4.78 is 0. The number of aliphatic imine (C=N–C) groups is 2. The van der Waals surface area contributed by atoms with Gasteiger partial charge in [0.05, 0.1) is 5.69 Å². The van der Waals surface area contributed by atoms with Crippen LogP contribution in [0.2, 0.25) is 0 Å². The predicted molar refractivity (Wildman–Crippen MR) is 79.2 cm³/mol. The number of nitrogens with two attached hydrogens (primary N) is 5. The lowest BCUT2D eigenvalue weighted by Gasteiger charge is -1.96. The molecule has 0 saturated heterocycles. The first-order valence-electron chi connectivity index (χ1n) is 4.86. The van der Waals surface area contributed by atoms with Gasteiger partial charge in [0, 0.05) is 0 Å². The third-order valence-electron chi connectivity index (χ3n) is 1.52. The Kier molecular flexibility index (Phi) is 6.82. The van der Waals surface area contributed by atoms with Crippen molar-refractivity contribution in [3.05, 3.63) is 29.8 Å². The van der Waals surface area contributed by atoms with E-state index in [4.69, 9.17) is 17.2 Å². The van der Waals surface area contributed by atoms with Crippen molar-refractivity contribution in [1.82, 2.24) is 0 Å². The van der Waals surface area contributed by atoms with E-state index in [1.807, 2.05) is 31.2 Å². The maximum Gasteiger partial charge on any atom is 0.223 e. The Labute approximate surface area is 111 Å². The van der Waals surface area contributed by atoms with E-state index < -0.39 is 0 Å². The van der Waals surface area contributed by atoms with Gasteiger partial charge in [-0.1, -0.05) is 17.7 Å². The summed E-state index contributed by atoms with van der Waals surface area (Å²) >= 11 is 4.09. The summed E-state index contributed by atoms with van der Waals surface area (Å²) in [5.41, 5.74) is 26.8. The van der Waals surface area contributed by atoms with Gasteiger partial charge < -0.3 is 28.7 Å². The minimum Gasteiger partial charge on any atom is -0.377 e. The van der Waals surface area contributed by atoms with Gasteiger partial charge in [0.1, 0.15) is 0 Å². The molecule has 0 atom stereocenters. The standard InChI is InChI=1S/C9H13N5.CH4N2S/c1-6-2-4-7(5-3-6)13-9(12)14-8(10)11;2-1(3)4/h2-5H,1H3,(H6,10,11,12,13,14);(H4,2,3,4). The van der Waals surface area contributed by atoms with Gasteiger partial charge >= 0.3 is 0 Å². The molecule has 0 spiro atoms. The summed E-state index contributed by atoms with van der Waals surface area (Å²) in [4.78, 5) is 7.58. The molecule has 7 nitrogen and oxygen atoms in total. The summed E-state index contributed by atoms with van der Waals surface area (Å²) in [7, 11) is 0. The normalized spacial score (nSPS) is 9.94. The van der Waals surface area contributed by atoms with Gasteiger partial charge in [0.15, 0.2) is 11.1 Å². The molecule has 1 aromatic rings. The molecule has 0 aliphatic heterocycles. The average Bonchev–Trinajstić information content (AvgIpc) is 2.19. The van der Waals surface area contributed by atoms with Crippen molar-refractivity contribution in [3.63, 3.8) is 0 Å². The lowest BCUT2D eigenvalue weighted by Crippen LogP contribution is -2.26. The summed E-state index contributed by atoms with van der Waals surface area (Å²) in [5.74, 6) is -0.0489. The summed E-state index contributed by atoms with van der Waals surface area (Å²) in [6, 6.07) is 7.54. The Morgan fingerprint density at radius 1 is 1.00 bits per heavy atom. The number of benzene rings is 1. The lowest BCUT2D eigenvalue weighted by molar-refractivity contribution is 1.37. The molecule has 0 radical (unpaired) electrons. The quantitative estimate of drug-likeness (QED) is 0.260. The molecule has 0 aromatic heterocycles. The van der Waals surface area contributed by atoms with E-state index >= 15 is 0 Å². The van der Waals surface area contributed by atoms with Crippen LogP contribution in [0, 0.1) is 6.92 Å². The van der Waals surface area contributed by atoms with E-state index in [0.29, 0.717) is 0 Å². The van der Waals surface area contributed by atoms with Crippen molar-refractivity contribution in [3.8, 4) is 0 Å². The Bertz CT molecular complexity index is 442. The molecule has 98 valence electrons. The van der Waals surface area contributed by atoms with Crippen molar-refractivity contribution in [2.24, 2.45) is 38.7 Å². The highest BCUT2D eigenvalue weighted by Gasteiger charge is 1.91. The maximum absolute atomic E-state index is 5.45. The largest absolute Gasteiger partial charge is 0.377 e. The number of hydrogen-bond acceptors (Lipinski definition) is 2. The molecule has 0 aliphatic rings. The van der Waals surface area contributed by atoms with Crippen molar-refractivity contribution in [1.29, 1.82) is 0 Å². The second kappa shape index (κ2) is 7.85. The van der Waals surface area contributed by atoms with Crippen molar-refractivity contribution in [2.75, 3.05) is 0 Å². The van der Waals surface area contributed by atoms with Crippen LogP contribution in [0.15, 0.2) is 34.3 Å². The molecular formula is C10H17N7S. The van der Waals surface area contributed by atoms with E-state index in [0.717, 1.165) is 11.3 Å². The van der Waals surface area contributed by atoms with Crippen LogP contribution in [0.1, 0.15) is 5.56 Å². The van der Waals surface area contributed by atoms with E-state index in [1.165, 1.54) is 0 Å². The molecule has 18 heavy (non-hydrogen) atoms. The number of aryl methyl sites for hydroxylation is 1. The highest BCUT2D eigenvalue weighted by Crippen LogP contribution is 2.11. The van der Waals surface area contributed by atoms with Crippen LogP contribution < -0.4 is 28.7 Å². The Hall–Kier alpha value is -2.35. The summed E-state index contributed by atoms with van der Waals surface area (Å²) in [6.07, 6.45) is 0. The molecule has 1 rings (SSSR count). The topological polar surface area (TPSA) is 155 Å². The number of guanidine groups is 2. The van der Waals surface area contributed by atoms with Gasteiger partial charge in [-0.3, -0.25) is 0 Å². The van der Waals surface area contributed by atoms with E-state index in [-0.39, 0.29) is 17.0 Å². The van der Waals surface area contributed by atoms with Gasteiger partial charge in [-0.25, -0.2) is 4.99 Å². The molecule has 0 saturated carbocycles. The average molecular weight is 267 g/mol. The van der Waals surface area contributed by atoms with E-state index in [1.54, 1.807) is 0 Å². The Balaban J connectivity index is 0.000000631. The van der Waals surface area contributed by atoms with Crippen LogP contribution in [0.5, 0.6) is 0 Å². The molecule has 1 aromatic carbocycles. The second-order valence-corrected chi connectivity index (χ2v) is 3.72. The zero-order valence-electron chi connectivity index (χ0n) is 10.00. The molecule has 0 aliphatic carbocycles. The van der Waals surface area contributed by atoms with Crippen LogP contribution in [-0.2, 0) is 0 Å². The molecule has 0 unspecified atom stereocenters. The fourth-order valence-corrected chi connectivity index (χ4v) is 0.909. The van der Waals surface area contributed by atoms with Gasteiger partial charge in [-0.15, -0.1) is 0 Å². The molecule has 10 N–H and O–H groups in total. The molecule has 0 fully saturated rings. The molecule has 0 bridgehead atoms. The fourth-order valence-electron chi connectivity index (χ4n) is 0.909. The van der Waals surface area contributed by atoms with Crippen LogP contribution in [0.4, 0.5) is 5.69 Å². The van der Waals surface area contributed by atoms with Crippen LogP contribution in [-0.4, -0.2) is 17.0 Å². The summed E-state index contributed by atoms with van der Waals surface area (Å²) in [6.45, 7) is 1.99. The van der Waals surface area contributed by atoms with Gasteiger partial charge in [0.25, 0.3) is 0 Å². The molecular weight excluding hydrogens is 250 g/mol. The summed E-state index contributed by atoms with van der Waals surface area (Å²) in [5, 5.41) is 0.000000000000000222. The highest BCUT2D eigenvalue weighted by molar-refractivity contribution is 7.80. The zero-order chi connectivity index (χ0) is 14.1. The SMILES string of the molecule is Cc1ccc(N=C(N)N=C(N)N)cc1.NC(N)=S. The number of thiocarbonyl (C=S) groups is 1. The minimum absolute atomic E-state index is 0.000000000000000222. The van der Waals surface area contributed by atoms with Gasteiger partial charge in [-0.05, 0) is 31.3 Å². The van der Waals surface area contributed by atoms with Crippen molar-refractivity contribution < 1.29 is 0 Å². The van der Waals surface area contributed by atoms with Gasteiger partial charge in [0.2, 0.25) is 5.96 Å². The smallest absolute Gasteiger partial charge is 0.223 e. The van der Waals surface area contributed by atoms with Crippen LogP contribution >= 0.6 is 12.2 Å². The number of nitrogens with zero attached hydrogens (tertiary/aromatic N) is 2. The molecule has 8 heteroatoms. The van der Waals surface area contributed by atoms with Crippen molar-refractivity contribution >= 4 is 34.9 Å². The first kappa shape index (κ1) is 15.7. The first-order chi connectivity index (χ1) is 8.31. The minimum atomic E-state index is -0.0987. The van der Waals surface area contributed by atoms with Gasteiger partial charge in [-0.2, -0.15) is 4.99 Å². The number of hydrogen-bond donors (Lipinski definition) is 5. The van der Waals surface area contributed by atoms with E-state index in [9.17, 15) is 0 Å². The Morgan fingerprint density at radius 2 is 1.44 bits per heavy atom. The van der Waals surface area contributed by atoms with E-state index in [2.05, 4.69) is 33.7 Å². The monoisotopic (exact) mass is 267 g/mol. The molecule has 0 amide bonds. The predicted octanol–water partition coefficient (Wildman–Crippen LogP) is -0.597. The zero-order valence-corrected chi connectivity index (χ0v) is 10.8. The maximum atomic E-state index is 5.45.